The van der Waals surface area contributed by atoms with Gasteiger partial charge in [0.2, 0.25) is 0 Å². The van der Waals surface area contributed by atoms with Crippen molar-refractivity contribution in [3.05, 3.63) is 34.9 Å². The molecule has 0 amide bonds. The molecule has 1 N–H and O–H groups in total. The number of hydrogen-bond acceptors (Lipinski definition) is 2. The van der Waals surface area contributed by atoms with E-state index >= 15 is 0 Å². The van der Waals surface area contributed by atoms with Gasteiger partial charge < -0.3 is 5.11 Å². The van der Waals surface area contributed by atoms with E-state index in [0.29, 0.717) is 6.04 Å². The minimum Gasteiger partial charge on any atom is -0.481 e. The average molecular weight is 261 g/mol. The van der Waals surface area contributed by atoms with Crippen molar-refractivity contribution in [1.82, 2.24) is 4.90 Å². The summed E-state index contributed by atoms with van der Waals surface area (Å²) in [5, 5.41) is 9.08. The van der Waals surface area contributed by atoms with Crippen LogP contribution in [-0.2, 0) is 11.3 Å². The van der Waals surface area contributed by atoms with Crippen molar-refractivity contribution in [2.75, 3.05) is 6.54 Å². The summed E-state index contributed by atoms with van der Waals surface area (Å²) < 4.78 is 0. The molecular weight excluding hydrogens is 238 g/mol. The van der Waals surface area contributed by atoms with Gasteiger partial charge >= 0.3 is 5.97 Å². The topological polar surface area (TPSA) is 40.5 Å². The number of rotatable bonds is 3. The van der Waals surface area contributed by atoms with E-state index in [2.05, 4.69) is 43.9 Å². The minimum absolute atomic E-state index is 0.161. The van der Waals surface area contributed by atoms with Crippen LogP contribution in [0.15, 0.2) is 18.2 Å². The van der Waals surface area contributed by atoms with Crippen molar-refractivity contribution in [3.8, 4) is 0 Å². The molecule has 1 aliphatic heterocycles. The van der Waals surface area contributed by atoms with Crippen molar-refractivity contribution in [2.45, 2.75) is 46.2 Å². The molecule has 3 nitrogen and oxygen atoms in total. The fourth-order valence-corrected chi connectivity index (χ4v) is 2.82. The molecule has 0 radical (unpaired) electrons. The summed E-state index contributed by atoms with van der Waals surface area (Å²) in [6.07, 6.45) is 1.53. The third-order valence-corrected chi connectivity index (χ3v) is 4.32. The van der Waals surface area contributed by atoms with Gasteiger partial charge in [0.15, 0.2) is 0 Å². The quantitative estimate of drug-likeness (QED) is 0.909. The van der Waals surface area contributed by atoms with Crippen LogP contribution >= 0.6 is 0 Å². The summed E-state index contributed by atoms with van der Waals surface area (Å²) in [4.78, 5) is 13.4. The van der Waals surface area contributed by atoms with Gasteiger partial charge in [-0.05, 0) is 56.8 Å². The zero-order valence-electron chi connectivity index (χ0n) is 12.0. The first-order valence-corrected chi connectivity index (χ1v) is 7.00. The first-order valence-electron chi connectivity index (χ1n) is 7.00. The Balaban J connectivity index is 2.00. The summed E-state index contributed by atoms with van der Waals surface area (Å²) in [6.45, 7) is 8.20. The van der Waals surface area contributed by atoms with Crippen molar-refractivity contribution < 1.29 is 9.90 Å². The number of aryl methyl sites for hydroxylation is 2. The Labute approximate surface area is 115 Å². The molecule has 3 heteroatoms. The van der Waals surface area contributed by atoms with Gasteiger partial charge in [-0.1, -0.05) is 18.2 Å². The van der Waals surface area contributed by atoms with Gasteiger partial charge in [0.05, 0.1) is 5.92 Å². The third-order valence-electron chi connectivity index (χ3n) is 4.32. The van der Waals surface area contributed by atoms with Gasteiger partial charge in [0, 0.05) is 12.6 Å². The Morgan fingerprint density at radius 1 is 1.37 bits per heavy atom. The third kappa shape index (κ3) is 3.35. The lowest BCUT2D eigenvalue weighted by Gasteiger charge is -2.36. The molecule has 0 aliphatic carbocycles. The van der Waals surface area contributed by atoms with Gasteiger partial charge in [0.1, 0.15) is 0 Å². The second-order valence-electron chi connectivity index (χ2n) is 5.80. The molecule has 0 bridgehead atoms. The Kier molecular flexibility index (Phi) is 4.25. The van der Waals surface area contributed by atoms with Crippen LogP contribution in [0.5, 0.6) is 0 Å². The predicted molar refractivity (Wildman–Crippen MR) is 76.1 cm³/mol. The zero-order chi connectivity index (χ0) is 14.0. The monoisotopic (exact) mass is 261 g/mol. The molecule has 0 spiro atoms. The summed E-state index contributed by atoms with van der Waals surface area (Å²) in [6, 6.07) is 6.93. The number of nitrogens with zero attached hydrogens (tertiary/aromatic N) is 1. The first kappa shape index (κ1) is 14.1. The highest BCUT2D eigenvalue weighted by molar-refractivity contribution is 5.70. The molecule has 1 saturated heterocycles. The van der Waals surface area contributed by atoms with Gasteiger partial charge in [-0.3, -0.25) is 9.69 Å². The average Bonchev–Trinajstić information content (AvgIpc) is 2.36. The Bertz CT molecular complexity index is 470. The molecule has 0 saturated carbocycles. The van der Waals surface area contributed by atoms with Crippen LogP contribution in [0.1, 0.15) is 36.5 Å². The van der Waals surface area contributed by atoms with E-state index in [0.717, 1.165) is 25.9 Å². The van der Waals surface area contributed by atoms with Crippen LogP contribution in [0, 0.1) is 19.8 Å². The molecule has 1 fully saturated rings. The fourth-order valence-electron chi connectivity index (χ4n) is 2.82. The Hall–Kier alpha value is -1.35. The SMILES string of the molecule is Cc1ccc(CN2CCC(C(=O)O)CC2C)cc1C. The first-order chi connectivity index (χ1) is 8.97. The van der Waals surface area contributed by atoms with Crippen molar-refractivity contribution >= 4 is 5.97 Å². The molecule has 104 valence electrons. The number of carbonyl (C=O) groups is 1. The highest BCUT2D eigenvalue weighted by Gasteiger charge is 2.29. The van der Waals surface area contributed by atoms with Gasteiger partial charge in [-0.25, -0.2) is 0 Å². The highest BCUT2D eigenvalue weighted by Crippen LogP contribution is 2.25. The van der Waals surface area contributed by atoms with Crippen LogP contribution in [0.3, 0.4) is 0 Å². The normalized spacial score (nSPS) is 24.4. The number of hydrogen-bond donors (Lipinski definition) is 1. The van der Waals surface area contributed by atoms with Crippen LogP contribution in [0.25, 0.3) is 0 Å². The highest BCUT2D eigenvalue weighted by atomic mass is 16.4. The fraction of sp³-hybridized carbons (Fsp3) is 0.562. The number of aliphatic carboxylic acids is 1. The van der Waals surface area contributed by atoms with E-state index < -0.39 is 5.97 Å². The minimum atomic E-state index is -0.641. The maximum atomic E-state index is 11.0. The van der Waals surface area contributed by atoms with Crippen molar-refractivity contribution in [3.63, 3.8) is 0 Å². The molecule has 19 heavy (non-hydrogen) atoms. The van der Waals surface area contributed by atoms with Gasteiger partial charge in [-0.15, -0.1) is 0 Å². The lowest BCUT2D eigenvalue weighted by Crippen LogP contribution is -2.42. The molecule has 1 aromatic rings. The number of carboxylic acids is 1. The Morgan fingerprint density at radius 2 is 2.11 bits per heavy atom. The van der Waals surface area contributed by atoms with E-state index in [1.807, 2.05) is 0 Å². The molecular formula is C16H23NO2. The molecule has 1 aliphatic rings. The van der Waals surface area contributed by atoms with E-state index in [1.54, 1.807) is 0 Å². The van der Waals surface area contributed by atoms with E-state index in [-0.39, 0.29) is 5.92 Å². The second kappa shape index (κ2) is 5.74. The van der Waals surface area contributed by atoms with E-state index in [9.17, 15) is 4.79 Å². The van der Waals surface area contributed by atoms with E-state index in [1.165, 1.54) is 16.7 Å². The summed E-state index contributed by atoms with van der Waals surface area (Å²) in [5.41, 5.74) is 3.97. The second-order valence-corrected chi connectivity index (χ2v) is 5.80. The van der Waals surface area contributed by atoms with E-state index in [4.69, 9.17) is 5.11 Å². The number of piperidine rings is 1. The lowest BCUT2D eigenvalue weighted by molar-refractivity contribution is -0.144. The zero-order valence-corrected chi connectivity index (χ0v) is 12.0. The Morgan fingerprint density at radius 3 is 2.68 bits per heavy atom. The summed E-state index contributed by atoms with van der Waals surface area (Å²) in [7, 11) is 0. The van der Waals surface area contributed by atoms with Gasteiger partial charge in [-0.2, -0.15) is 0 Å². The maximum absolute atomic E-state index is 11.0. The van der Waals surface area contributed by atoms with Crippen molar-refractivity contribution in [2.24, 2.45) is 5.92 Å². The molecule has 2 atom stereocenters. The largest absolute Gasteiger partial charge is 0.481 e. The van der Waals surface area contributed by atoms with Crippen LogP contribution in [-0.4, -0.2) is 28.6 Å². The number of carboxylic acid groups (broad SMARTS) is 1. The van der Waals surface area contributed by atoms with Crippen LogP contribution < -0.4 is 0 Å². The number of likely N-dealkylation sites (tertiary alicyclic amines) is 1. The summed E-state index contributed by atoms with van der Waals surface area (Å²) >= 11 is 0. The smallest absolute Gasteiger partial charge is 0.306 e. The maximum Gasteiger partial charge on any atom is 0.306 e. The van der Waals surface area contributed by atoms with Crippen LogP contribution in [0.2, 0.25) is 0 Å². The van der Waals surface area contributed by atoms with Crippen molar-refractivity contribution in [1.29, 1.82) is 0 Å². The predicted octanol–water partition coefficient (Wildman–Crippen LogP) is 2.99. The molecule has 2 rings (SSSR count). The van der Waals surface area contributed by atoms with Crippen LogP contribution in [0.4, 0.5) is 0 Å². The standard InChI is InChI=1S/C16H23NO2/c1-11-4-5-14(8-12(11)2)10-17-7-6-15(16(18)19)9-13(17)3/h4-5,8,13,15H,6-7,9-10H2,1-3H3,(H,18,19). The number of benzene rings is 1. The summed E-state index contributed by atoms with van der Waals surface area (Å²) in [5.74, 6) is -0.802. The van der Waals surface area contributed by atoms with Gasteiger partial charge in [0.25, 0.3) is 0 Å². The lowest BCUT2D eigenvalue weighted by atomic mass is 9.91. The molecule has 2 unspecified atom stereocenters. The molecule has 0 aromatic heterocycles. The molecule has 1 heterocycles. The molecule has 1 aromatic carbocycles.